The largest absolute Gasteiger partial charge is 0.500 e. The number of hydrogen-bond acceptors (Lipinski definition) is 5. The molecule has 0 aromatic heterocycles. The molecule has 6 nitrogen and oxygen atoms in total. The molecule has 0 atom stereocenters. The summed E-state index contributed by atoms with van der Waals surface area (Å²) >= 11 is 0. The van der Waals surface area contributed by atoms with Gasteiger partial charge in [0.1, 0.15) is 0 Å². The van der Waals surface area contributed by atoms with E-state index in [9.17, 15) is 31.1 Å². The molecule has 0 aliphatic carbocycles. The van der Waals surface area contributed by atoms with Crippen molar-refractivity contribution < 1.29 is 49.2 Å². The monoisotopic (exact) mass is 373 g/mol. The van der Waals surface area contributed by atoms with Crippen molar-refractivity contribution in [3.05, 3.63) is 0 Å². The van der Waals surface area contributed by atoms with Gasteiger partial charge in [-0.05, 0) is 6.42 Å². The molecule has 0 bridgehead atoms. The van der Waals surface area contributed by atoms with Crippen LogP contribution in [0.15, 0.2) is 0 Å². The summed E-state index contributed by atoms with van der Waals surface area (Å²) in [5.41, 5.74) is 0. The lowest BCUT2D eigenvalue weighted by Gasteiger charge is -2.24. The topological polar surface area (TPSA) is 66.0 Å². The molecule has 1 amide bonds. The van der Waals surface area contributed by atoms with Crippen LogP contribution in [0.25, 0.3) is 0 Å². The van der Waals surface area contributed by atoms with Crippen LogP contribution >= 0.6 is 0 Å². The zero-order valence-corrected chi connectivity index (χ0v) is 13.5. The second kappa shape index (κ2) is 8.70. The number of nitrogens with one attached hydrogen (secondary N) is 1. The molecule has 0 aliphatic heterocycles. The van der Waals surface area contributed by atoms with Crippen LogP contribution in [-0.2, 0) is 18.0 Å². The zero-order valence-electron chi connectivity index (χ0n) is 12.5. The van der Waals surface area contributed by atoms with Crippen LogP contribution < -0.4 is 5.32 Å². The molecule has 0 aromatic rings. The van der Waals surface area contributed by atoms with Crippen molar-refractivity contribution in [3.63, 3.8) is 0 Å². The molecule has 0 aromatic carbocycles. The Labute approximate surface area is 129 Å². The van der Waals surface area contributed by atoms with Crippen molar-refractivity contribution >= 4 is 14.9 Å². The Hall–Kier alpha value is -1.05. The molecule has 0 unspecified atom stereocenters. The molecule has 0 saturated heterocycles. The van der Waals surface area contributed by atoms with E-state index in [0.29, 0.717) is 0 Å². The average molecular weight is 373 g/mol. The van der Waals surface area contributed by atoms with Crippen molar-refractivity contribution in [3.8, 4) is 0 Å². The number of amides is 1. The normalized spacial score (nSPS) is 13.3. The first-order chi connectivity index (χ1) is 10.4. The number of halogens is 6. The second-order valence-corrected chi connectivity index (χ2v) is 7.29. The van der Waals surface area contributed by atoms with Crippen LogP contribution in [-0.4, -0.2) is 61.2 Å². The Morgan fingerprint density at radius 2 is 1.43 bits per heavy atom. The van der Waals surface area contributed by atoms with E-state index < -0.39 is 33.4 Å². The smallest absolute Gasteiger partial charge is 0.427 e. The van der Waals surface area contributed by atoms with Gasteiger partial charge in [0.05, 0.1) is 0 Å². The van der Waals surface area contributed by atoms with Crippen molar-refractivity contribution in [2.75, 3.05) is 27.9 Å². The van der Waals surface area contributed by atoms with Crippen LogP contribution in [0.4, 0.5) is 31.1 Å². The Morgan fingerprint density at radius 1 is 1.00 bits per heavy atom. The summed E-state index contributed by atoms with van der Waals surface area (Å²) in [6.45, 7) is -0.244. The molecule has 0 saturated carbocycles. The lowest BCUT2D eigenvalue weighted by molar-refractivity contribution is -0.306. The molecule has 0 rings (SSSR count). The number of ether oxygens (including phenoxy) is 1. The van der Waals surface area contributed by atoms with Crippen molar-refractivity contribution in [1.82, 2.24) is 5.32 Å². The van der Waals surface area contributed by atoms with E-state index in [4.69, 9.17) is 13.3 Å². The van der Waals surface area contributed by atoms with E-state index in [1.54, 1.807) is 5.32 Å². The van der Waals surface area contributed by atoms with Gasteiger partial charge in [0, 0.05) is 33.9 Å². The quantitative estimate of drug-likeness (QED) is 0.402. The van der Waals surface area contributed by atoms with E-state index in [1.807, 2.05) is 0 Å². The fraction of sp³-hybridized carbons (Fsp3) is 0.900. The first-order valence-electron chi connectivity index (χ1n) is 6.15. The molecule has 0 radical (unpaired) electrons. The van der Waals surface area contributed by atoms with Gasteiger partial charge in [-0.3, -0.25) is 0 Å². The van der Waals surface area contributed by atoms with Gasteiger partial charge in [0.2, 0.25) is 0 Å². The summed E-state index contributed by atoms with van der Waals surface area (Å²) in [5.74, 6) is 0. The standard InChI is InChI=1S/C10H17F6NO5Si/c1-19-23(20-2,21-3)6-4-5-17-8(18)22-7(9(11,12)13)10(14,15)16/h7H,4-6H2,1-3H3,(H,17,18). The maximum absolute atomic E-state index is 12.2. The van der Waals surface area contributed by atoms with E-state index >= 15 is 0 Å². The summed E-state index contributed by atoms with van der Waals surface area (Å²) in [4.78, 5) is 11.1. The van der Waals surface area contributed by atoms with Crippen molar-refractivity contribution in [1.29, 1.82) is 0 Å². The summed E-state index contributed by atoms with van der Waals surface area (Å²) < 4.78 is 91.7. The minimum absolute atomic E-state index is 0.138. The van der Waals surface area contributed by atoms with Gasteiger partial charge >= 0.3 is 27.3 Å². The predicted octanol–water partition coefficient (Wildman–Crippen LogP) is 2.47. The minimum atomic E-state index is -5.75. The highest BCUT2D eigenvalue weighted by Gasteiger charge is 2.60. The predicted molar refractivity (Wildman–Crippen MR) is 66.6 cm³/mol. The Morgan fingerprint density at radius 3 is 1.78 bits per heavy atom. The maximum Gasteiger partial charge on any atom is 0.500 e. The number of hydrogen-bond donors (Lipinski definition) is 1. The molecule has 0 fully saturated rings. The molecule has 23 heavy (non-hydrogen) atoms. The fourth-order valence-corrected chi connectivity index (χ4v) is 3.24. The molecule has 0 heterocycles. The molecule has 0 spiro atoms. The van der Waals surface area contributed by atoms with Gasteiger partial charge in [0.15, 0.2) is 0 Å². The van der Waals surface area contributed by atoms with Gasteiger partial charge < -0.3 is 23.3 Å². The van der Waals surface area contributed by atoms with Gasteiger partial charge in [-0.1, -0.05) is 0 Å². The number of carbonyl (C=O) groups is 1. The van der Waals surface area contributed by atoms with Crippen molar-refractivity contribution in [2.24, 2.45) is 0 Å². The number of alkyl halides is 6. The highest BCUT2D eigenvalue weighted by Crippen LogP contribution is 2.35. The highest BCUT2D eigenvalue weighted by atomic mass is 28.4. The fourth-order valence-electron chi connectivity index (χ4n) is 1.52. The van der Waals surface area contributed by atoms with Gasteiger partial charge in [-0.2, -0.15) is 26.3 Å². The Bertz CT molecular complexity index is 351. The molecule has 1 N–H and O–H groups in total. The van der Waals surface area contributed by atoms with Crippen LogP contribution in [0.2, 0.25) is 6.04 Å². The van der Waals surface area contributed by atoms with Crippen LogP contribution in [0, 0.1) is 0 Å². The summed E-state index contributed by atoms with van der Waals surface area (Å²) in [7, 11) is 1.06. The Kier molecular flexibility index (Phi) is 8.30. The first-order valence-corrected chi connectivity index (χ1v) is 8.08. The third kappa shape index (κ3) is 7.37. The van der Waals surface area contributed by atoms with Crippen LogP contribution in [0.5, 0.6) is 0 Å². The summed E-state index contributed by atoms with van der Waals surface area (Å²) in [5, 5.41) is 1.80. The molecule has 0 aliphatic rings. The van der Waals surface area contributed by atoms with Gasteiger partial charge in [0.25, 0.3) is 6.10 Å². The highest BCUT2D eigenvalue weighted by molar-refractivity contribution is 6.60. The lowest BCUT2D eigenvalue weighted by Crippen LogP contribution is -2.47. The third-order valence-electron chi connectivity index (χ3n) is 2.68. The molecular formula is C10H17F6NO5Si. The van der Waals surface area contributed by atoms with Gasteiger partial charge in [-0.15, -0.1) is 0 Å². The van der Waals surface area contributed by atoms with E-state index in [1.165, 1.54) is 21.3 Å². The van der Waals surface area contributed by atoms with E-state index in [-0.39, 0.29) is 19.0 Å². The number of alkyl carbamates (subject to hydrolysis) is 1. The minimum Gasteiger partial charge on any atom is -0.427 e. The lowest BCUT2D eigenvalue weighted by atomic mass is 10.3. The second-order valence-electron chi connectivity index (χ2n) is 4.19. The van der Waals surface area contributed by atoms with Crippen LogP contribution in [0.1, 0.15) is 6.42 Å². The molecule has 13 heteroatoms. The molecular weight excluding hydrogens is 356 g/mol. The summed E-state index contributed by atoms with van der Waals surface area (Å²) in [6, 6.07) is 0.193. The Balaban J connectivity index is 4.41. The summed E-state index contributed by atoms with van der Waals surface area (Å²) in [6.07, 6.45) is -17.4. The zero-order chi connectivity index (χ0) is 18.3. The third-order valence-corrected chi connectivity index (χ3v) is 5.51. The number of rotatable bonds is 8. The van der Waals surface area contributed by atoms with Crippen molar-refractivity contribution in [2.45, 2.75) is 30.9 Å². The SMILES string of the molecule is CO[Si](CCCNC(=O)OC(C(F)(F)F)C(F)(F)F)(OC)OC. The number of carbonyl (C=O) groups excluding carboxylic acids is 1. The van der Waals surface area contributed by atoms with E-state index in [0.717, 1.165) is 0 Å². The van der Waals surface area contributed by atoms with Crippen LogP contribution in [0.3, 0.4) is 0 Å². The van der Waals surface area contributed by atoms with Gasteiger partial charge in [-0.25, -0.2) is 4.79 Å². The van der Waals surface area contributed by atoms with E-state index in [2.05, 4.69) is 4.74 Å². The first kappa shape index (κ1) is 21.9. The maximum atomic E-state index is 12.2. The molecule has 138 valence electrons. The average Bonchev–Trinajstić information content (AvgIpc) is 2.43.